The number of anilines is 1. The number of carbonyl (C=O) groups is 1. The van der Waals surface area contributed by atoms with E-state index >= 15 is 8.78 Å². The summed E-state index contributed by atoms with van der Waals surface area (Å²) in [5, 5.41) is 0.797. The number of rotatable bonds is 6. The van der Waals surface area contributed by atoms with Crippen molar-refractivity contribution >= 4 is 54.4 Å². The largest absolute Gasteiger partial charge is 0.463 e. The van der Waals surface area contributed by atoms with E-state index in [-0.39, 0.29) is 54.8 Å². The van der Waals surface area contributed by atoms with Gasteiger partial charge in [0.1, 0.15) is 22.0 Å². The summed E-state index contributed by atoms with van der Waals surface area (Å²) in [4.78, 5) is 33.6. The van der Waals surface area contributed by atoms with Crippen molar-refractivity contribution in [3.05, 3.63) is 125 Å². The van der Waals surface area contributed by atoms with E-state index in [9.17, 15) is 18.0 Å². The van der Waals surface area contributed by atoms with Crippen LogP contribution in [0.4, 0.5) is 14.5 Å². The summed E-state index contributed by atoms with van der Waals surface area (Å²) in [6.07, 6.45) is 2.63. The van der Waals surface area contributed by atoms with Crippen molar-refractivity contribution < 1.29 is 26.4 Å². The second kappa shape index (κ2) is 10.4. The zero-order valence-corrected chi connectivity index (χ0v) is 23.9. The van der Waals surface area contributed by atoms with Crippen molar-refractivity contribution in [2.75, 3.05) is 5.73 Å². The second-order valence-corrected chi connectivity index (χ2v) is 11.9. The van der Waals surface area contributed by atoms with E-state index in [1.165, 1.54) is 65.6 Å². The van der Waals surface area contributed by atoms with Crippen molar-refractivity contribution in [2.24, 2.45) is 0 Å². The van der Waals surface area contributed by atoms with Crippen LogP contribution in [0.2, 0.25) is 0 Å². The number of nitrogens with zero attached hydrogens (tertiary/aromatic N) is 2. The van der Waals surface area contributed by atoms with Gasteiger partial charge < -0.3 is 19.7 Å². The Morgan fingerprint density at radius 2 is 1.80 bits per heavy atom. The minimum atomic E-state index is -4.56. The minimum Gasteiger partial charge on any atom is -0.463 e. The lowest BCUT2D eigenvalue weighted by molar-refractivity contribution is 0.0974. The molecular formula is C32H21F2N5O5S. The molecule has 0 radical (unpaired) electrons. The lowest BCUT2D eigenvalue weighted by atomic mass is 10.0. The number of halogens is 2. The zero-order valence-electron chi connectivity index (χ0n) is 23.0. The van der Waals surface area contributed by atoms with Crippen molar-refractivity contribution in [1.29, 1.82) is 0 Å². The zero-order chi connectivity index (χ0) is 31.5. The maximum Gasteiger partial charge on any atom is 0.282 e. The molecule has 0 fully saturated rings. The molecule has 3 aromatic carbocycles. The Morgan fingerprint density at radius 1 is 1.02 bits per heavy atom. The molecule has 7 rings (SSSR count). The highest BCUT2D eigenvalue weighted by molar-refractivity contribution is 7.90. The van der Waals surface area contributed by atoms with Gasteiger partial charge in [0.15, 0.2) is 0 Å². The molecule has 1 amide bonds. The van der Waals surface area contributed by atoms with E-state index in [0.29, 0.717) is 10.9 Å². The third kappa shape index (κ3) is 4.60. The molecule has 0 atom stereocenters. The fourth-order valence-corrected chi connectivity index (χ4v) is 6.64. The van der Waals surface area contributed by atoms with E-state index in [0.717, 1.165) is 6.07 Å². The molecule has 4 heterocycles. The van der Waals surface area contributed by atoms with Crippen LogP contribution in [-0.2, 0) is 16.6 Å². The molecule has 0 aliphatic heterocycles. The lowest BCUT2D eigenvalue weighted by Gasteiger charge is -2.14. The summed E-state index contributed by atoms with van der Waals surface area (Å²) in [5.41, 5.74) is 5.17. The number of aromatic nitrogens is 3. The Kier molecular flexibility index (Phi) is 6.48. The van der Waals surface area contributed by atoms with Crippen LogP contribution in [-0.4, -0.2) is 28.9 Å². The summed E-state index contributed by atoms with van der Waals surface area (Å²) in [6, 6.07) is 19.3. The normalized spacial score (nSPS) is 11.9. The average molecular weight is 626 g/mol. The molecule has 4 N–H and O–H groups in total. The second-order valence-electron chi connectivity index (χ2n) is 10.2. The molecule has 224 valence electrons. The van der Waals surface area contributed by atoms with E-state index in [2.05, 4.69) is 9.97 Å². The number of amides is 1. The molecule has 7 aromatic rings. The van der Waals surface area contributed by atoms with Crippen LogP contribution in [0.15, 0.2) is 105 Å². The predicted molar refractivity (Wildman–Crippen MR) is 164 cm³/mol. The van der Waals surface area contributed by atoms with E-state index in [1.807, 2.05) is 4.72 Å². The van der Waals surface area contributed by atoms with Gasteiger partial charge in [-0.25, -0.2) is 22.5 Å². The van der Waals surface area contributed by atoms with Gasteiger partial charge in [-0.2, -0.15) is 4.39 Å². The van der Waals surface area contributed by atoms with Gasteiger partial charge >= 0.3 is 0 Å². The molecule has 10 nitrogen and oxygen atoms in total. The number of benzene rings is 3. The first-order chi connectivity index (χ1) is 21.6. The molecule has 13 heteroatoms. The third-order valence-electron chi connectivity index (χ3n) is 7.53. The summed E-state index contributed by atoms with van der Waals surface area (Å²) < 4.78 is 66.7. The van der Waals surface area contributed by atoms with Crippen molar-refractivity contribution in [2.45, 2.75) is 11.4 Å². The molecule has 0 spiro atoms. The van der Waals surface area contributed by atoms with Crippen LogP contribution in [0.25, 0.3) is 43.9 Å². The number of pyridine rings is 2. The number of hydrogen-bond donors (Lipinski definition) is 3. The van der Waals surface area contributed by atoms with Gasteiger partial charge in [-0.05, 0) is 48.5 Å². The van der Waals surface area contributed by atoms with E-state index in [1.54, 1.807) is 24.3 Å². The van der Waals surface area contributed by atoms with Gasteiger partial charge in [-0.1, -0.05) is 30.3 Å². The quantitative estimate of drug-likeness (QED) is 0.167. The third-order valence-corrected chi connectivity index (χ3v) is 8.94. The highest BCUT2D eigenvalue weighted by atomic mass is 32.2. The highest BCUT2D eigenvalue weighted by Gasteiger charge is 2.32. The first kappa shape index (κ1) is 28.0. The number of nitrogens with one attached hydrogen (secondary N) is 2. The minimum absolute atomic E-state index is 0.00308. The van der Waals surface area contributed by atoms with E-state index < -0.39 is 39.8 Å². The van der Waals surface area contributed by atoms with Crippen LogP contribution in [0, 0.1) is 11.8 Å². The van der Waals surface area contributed by atoms with Gasteiger partial charge in [0.05, 0.1) is 45.9 Å². The van der Waals surface area contributed by atoms with Gasteiger partial charge in [-0.3, -0.25) is 9.59 Å². The lowest BCUT2D eigenvalue weighted by Crippen LogP contribution is -2.33. The number of carbonyl (C=O) groups excluding carboxylic acids is 1. The molecule has 0 saturated carbocycles. The highest BCUT2D eigenvalue weighted by Crippen LogP contribution is 2.40. The number of aromatic amines is 1. The number of furan rings is 1. The van der Waals surface area contributed by atoms with Crippen molar-refractivity contribution in [3.8, 4) is 11.1 Å². The maximum absolute atomic E-state index is 15.5. The maximum atomic E-state index is 15.5. The Hall–Kier alpha value is -5.82. The molecular weight excluding hydrogens is 604 g/mol. The summed E-state index contributed by atoms with van der Waals surface area (Å²) in [5.74, 6) is -2.75. The smallest absolute Gasteiger partial charge is 0.282 e. The number of nitrogens with two attached hydrogens (primary N) is 1. The predicted octanol–water partition coefficient (Wildman–Crippen LogP) is 5.32. The van der Waals surface area contributed by atoms with Crippen molar-refractivity contribution in [3.63, 3.8) is 0 Å². The Morgan fingerprint density at radius 3 is 2.60 bits per heavy atom. The van der Waals surface area contributed by atoms with Crippen LogP contribution in [0.3, 0.4) is 0 Å². The molecule has 45 heavy (non-hydrogen) atoms. The fourth-order valence-electron chi connectivity index (χ4n) is 5.55. The number of para-hydroxylation sites is 2. The van der Waals surface area contributed by atoms with E-state index in [4.69, 9.17) is 10.2 Å². The summed E-state index contributed by atoms with van der Waals surface area (Å²) >= 11 is 0. The standard InChI is InChI=1S/C32H21F2N5O5S/c33-21-15-24-27(29-19(21)11-13-44-29)26(20-7-5-12-36-31(20)40)28(32(41)38-45(42,43)25-10-4-2-8-22(25)35)39(24)16-18-14-17-6-1-3-9-23(17)37-30(18)34/h1-15H,16,35H2,(H,36,40)(H,38,41). The Labute approximate surface area is 252 Å². The number of H-pyrrole nitrogens is 1. The summed E-state index contributed by atoms with van der Waals surface area (Å²) in [7, 11) is -4.56. The molecule has 0 aliphatic carbocycles. The van der Waals surface area contributed by atoms with Crippen LogP contribution in [0.5, 0.6) is 0 Å². The topological polar surface area (TPSA) is 153 Å². The SMILES string of the molecule is Nc1ccccc1S(=O)(=O)NC(=O)c1c(-c2ccc[nH]c2=O)c2c3occc3c(F)cc2n1Cc1cc2ccccc2nc1F. The average Bonchev–Trinajstić information content (AvgIpc) is 3.62. The fraction of sp³-hybridized carbons (Fsp3) is 0.0312. The molecule has 0 aliphatic rings. The van der Waals surface area contributed by atoms with Crippen molar-refractivity contribution in [1.82, 2.24) is 19.3 Å². The van der Waals surface area contributed by atoms with Crippen LogP contribution in [0.1, 0.15) is 16.1 Å². The molecule has 4 aromatic heterocycles. The Balaban J connectivity index is 1.55. The summed E-state index contributed by atoms with van der Waals surface area (Å²) in [6.45, 7) is -0.396. The van der Waals surface area contributed by atoms with Gasteiger partial charge in [0.2, 0.25) is 5.95 Å². The molecule has 0 bridgehead atoms. The number of nitrogen functional groups attached to an aromatic ring is 1. The van der Waals surface area contributed by atoms with Gasteiger partial charge in [0, 0.05) is 22.7 Å². The molecule has 0 saturated heterocycles. The van der Waals surface area contributed by atoms with Crippen LogP contribution < -0.4 is 16.0 Å². The van der Waals surface area contributed by atoms with Gasteiger partial charge in [-0.15, -0.1) is 0 Å². The monoisotopic (exact) mass is 625 g/mol. The number of sulfonamides is 1. The number of hydrogen-bond acceptors (Lipinski definition) is 7. The molecule has 0 unspecified atom stereocenters. The van der Waals surface area contributed by atoms with Crippen LogP contribution >= 0.6 is 0 Å². The first-order valence-corrected chi connectivity index (χ1v) is 15.0. The first-order valence-electron chi connectivity index (χ1n) is 13.5. The Bertz CT molecular complexity index is 2500. The van der Waals surface area contributed by atoms with Gasteiger partial charge in [0.25, 0.3) is 21.5 Å². The number of fused-ring (bicyclic) bond motifs is 4.